The van der Waals surface area contributed by atoms with Crippen molar-refractivity contribution in [2.24, 2.45) is 5.84 Å². The summed E-state index contributed by atoms with van der Waals surface area (Å²) in [6.07, 6.45) is 4.08. The predicted octanol–water partition coefficient (Wildman–Crippen LogP) is 2.18. The molecule has 2 aromatic rings. The third kappa shape index (κ3) is 2.49. The van der Waals surface area contributed by atoms with E-state index in [1.807, 2.05) is 24.3 Å². The number of pyridine rings is 1. The number of hydrogen-bond donors (Lipinski definition) is 2. The van der Waals surface area contributed by atoms with E-state index >= 15 is 0 Å². The van der Waals surface area contributed by atoms with Gasteiger partial charge in [0.05, 0.1) is 16.8 Å². The number of hydrazine groups is 1. The van der Waals surface area contributed by atoms with Crippen molar-refractivity contribution in [2.45, 2.75) is 12.5 Å². The fraction of sp³-hybridized carbons (Fsp3) is 0.182. The van der Waals surface area contributed by atoms with Gasteiger partial charge in [0.25, 0.3) is 0 Å². The largest absolute Gasteiger partial charge is 0.466 e. The molecule has 1 atom stereocenters. The third-order valence-corrected chi connectivity index (χ3v) is 2.96. The summed E-state index contributed by atoms with van der Waals surface area (Å²) in [5, 5.41) is 0. The van der Waals surface area contributed by atoms with Gasteiger partial charge >= 0.3 is 0 Å². The van der Waals surface area contributed by atoms with Crippen LogP contribution in [0.25, 0.3) is 0 Å². The zero-order chi connectivity index (χ0) is 11.4. The lowest BCUT2D eigenvalue weighted by Crippen LogP contribution is -2.29. The van der Waals surface area contributed by atoms with Crippen LogP contribution in [0.1, 0.15) is 17.5 Å². The number of nitrogens with two attached hydrogens (primary N) is 1. The van der Waals surface area contributed by atoms with Gasteiger partial charge in [0, 0.05) is 18.3 Å². The predicted molar refractivity (Wildman–Crippen MR) is 64.4 cm³/mol. The molecule has 0 amide bonds. The molecule has 2 rings (SSSR count). The summed E-state index contributed by atoms with van der Waals surface area (Å²) in [5.74, 6) is 6.31. The molecule has 16 heavy (non-hydrogen) atoms. The van der Waals surface area contributed by atoms with Crippen LogP contribution >= 0.6 is 15.9 Å². The van der Waals surface area contributed by atoms with Crippen molar-refractivity contribution in [1.82, 2.24) is 10.4 Å². The number of hydrogen-bond acceptors (Lipinski definition) is 4. The highest BCUT2D eigenvalue weighted by atomic mass is 79.9. The molecular formula is C11H12BrN3O. The normalized spacial score (nSPS) is 12.6. The Kier molecular flexibility index (Phi) is 3.71. The minimum atomic E-state index is -0.0840. The fourth-order valence-electron chi connectivity index (χ4n) is 1.51. The Balaban J connectivity index is 2.16. The molecule has 5 heteroatoms. The number of rotatable bonds is 4. The molecule has 0 fully saturated rings. The number of furan rings is 1. The molecular weight excluding hydrogens is 270 g/mol. The van der Waals surface area contributed by atoms with E-state index in [0.29, 0.717) is 6.42 Å². The highest BCUT2D eigenvalue weighted by Crippen LogP contribution is 2.26. The van der Waals surface area contributed by atoms with Crippen LogP contribution in [-0.2, 0) is 6.42 Å². The Morgan fingerprint density at radius 1 is 1.44 bits per heavy atom. The maximum Gasteiger partial charge on any atom is 0.136 e. The van der Waals surface area contributed by atoms with E-state index in [2.05, 4.69) is 26.3 Å². The van der Waals surface area contributed by atoms with Gasteiger partial charge in [-0.1, -0.05) is 6.07 Å². The van der Waals surface area contributed by atoms with Crippen LogP contribution in [0.2, 0.25) is 0 Å². The SMILES string of the molecule is NNC(Cc1ccccn1)c1occc1Br. The number of nitrogens with zero attached hydrogens (tertiary/aromatic N) is 1. The van der Waals surface area contributed by atoms with Crippen LogP contribution in [0.5, 0.6) is 0 Å². The smallest absolute Gasteiger partial charge is 0.136 e. The standard InChI is InChI=1S/C11H12BrN3O/c12-9-4-6-16-11(9)10(15-13)7-8-3-1-2-5-14-8/h1-6,10,15H,7,13H2. The molecule has 2 heterocycles. The van der Waals surface area contributed by atoms with Gasteiger partial charge in [0.1, 0.15) is 5.76 Å². The summed E-state index contributed by atoms with van der Waals surface area (Å²) in [6, 6.07) is 7.56. The summed E-state index contributed by atoms with van der Waals surface area (Å²) in [4.78, 5) is 4.25. The van der Waals surface area contributed by atoms with Gasteiger partial charge in [-0.15, -0.1) is 0 Å². The molecule has 3 N–H and O–H groups in total. The van der Waals surface area contributed by atoms with Gasteiger partial charge in [-0.2, -0.15) is 0 Å². The van der Waals surface area contributed by atoms with Crippen molar-refractivity contribution in [1.29, 1.82) is 0 Å². The summed E-state index contributed by atoms with van der Waals surface area (Å²) in [6.45, 7) is 0. The van der Waals surface area contributed by atoms with Crippen molar-refractivity contribution >= 4 is 15.9 Å². The first kappa shape index (κ1) is 11.3. The van der Waals surface area contributed by atoms with E-state index in [1.54, 1.807) is 12.5 Å². The number of aromatic nitrogens is 1. The molecule has 2 aromatic heterocycles. The fourth-order valence-corrected chi connectivity index (χ4v) is 1.99. The number of halogens is 1. The summed E-state index contributed by atoms with van der Waals surface area (Å²) in [7, 11) is 0. The second-order valence-electron chi connectivity index (χ2n) is 3.38. The van der Waals surface area contributed by atoms with Crippen LogP contribution < -0.4 is 11.3 Å². The number of nitrogens with one attached hydrogen (secondary N) is 1. The van der Waals surface area contributed by atoms with Crippen LogP contribution in [0, 0.1) is 0 Å². The monoisotopic (exact) mass is 281 g/mol. The van der Waals surface area contributed by atoms with E-state index in [4.69, 9.17) is 10.3 Å². The third-order valence-electron chi connectivity index (χ3n) is 2.30. The van der Waals surface area contributed by atoms with Gasteiger partial charge in [-0.05, 0) is 34.1 Å². The Morgan fingerprint density at radius 3 is 2.88 bits per heavy atom. The molecule has 0 aromatic carbocycles. The minimum Gasteiger partial charge on any atom is -0.466 e. The van der Waals surface area contributed by atoms with Crippen LogP contribution in [-0.4, -0.2) is 4.98 Å². The van der Waals surface area contributed by atoms with Gasteiger partial charge in [0.15, 0.2) is 0 Å². The van der Waals surface area contributed by atoms with Gasteiger partial charge < -0.3 is 4.42 Å². The van der Waals surface area contributed by atoms with Crippen molar-refractivity contribution in [2.75, 3.05) is 0 Å². The van der Waals surface area contributed by atoms with E-state index < -0.39 is 0 Å². The molecule has 0 radical (unpaired) electrons. The van der Waals surface area contributed by atoms with Gasteiger partial charge in [-0.25, -0.2) is 5.43 Å². The van der Waals surface area contributed by atoms with Gasteiger partial charge in [-0.3, -0.25) is 10.8 Å². The molecule has 0 spiro atoms. The topological polar surface area (TPSA) is 64.1 Å². The lowest BCUT2D eigenvalue weighted by molar-refractivity contribution is 0.411. The zero-order valence-electron chi connectivity index (χ0n) is 8.56. The lowest BCUT2D eigenvalue weighted by atomic mass is 10.1. The average Bonchev–Trinajstić information content (AvgIpc) is 2.74. The minimum absolute atomic E-state index is 0.0840. The molecule has 0 saturated heterocycles. The van der Waals surface area contributed by atoms with Crippen molar-refractivity contribution in [3.05, 3.63) is 52.7 Å². The lowest BCUT2D eigenvalue weighted by Gasteiger charge is -2.13. The molecule has 0 aliphatic heterocycles. The molecule has 4 nitrogen and oxygen atoms in total. The molecule has 0 saturated carbocycles. The maximum atomic E-state index is 5.52. The van der Waals surface area contributed by atoms with E-state index in [0.717, 1.165) is 15.9 Å². The quantitative estimate of drug-likeness (QED) is 0.666. The van der Waals surface area contributed by atoms with E-state index in [1.165, 1.54) is 0 Å². The van der Waals surface area contributed by atoms with Gasteiger partial charge in [0.2, 0.25) is 0 Å². The first-order chi connectivity index (χ1) is 7.81. The Morgan fingerprint density at radius 2 is 2.31 bits per heavy atom. The van der Waals surface area contributed by atoms with Crippen molar-refractivity contribution in [3.8, 4) is 0 Å². The highest BCUT2D eigenvalue weighted by molar-refractivity contribution is 9.10. The Labute approximate surface area is 102 Å². The molecule has 0 bridgehead atoms. The average molecular weight is 282 g/mol. The molecule has 84 valence electrons. The van der Waals surface area contributed by atoms with E-state index in [9.17, 15) is 0 Å². The molecule has 0 aliphatic rings. The summed E-state index contributed by atoms with van der Waals surface area (Å²) >= 11 is 3.41. The molecule has 0 aliphatic carbocycles. The van der Waals surface area contributed by atoms with Crippen molar-refractivity contribution in [3.63, 3.8) is 0 Å². The van der Waals surface area contributed by atoms with Crippen molar-refractivity contribution < 1.29 is 4.42 Å². The first-order valence-electron chi connectivity index (χ1n) is 4.90. The molecule has 1 unspecified atom stereocenters. The van der Waals surface area contributed by atoms with Crippen LogP contribution in [0.15, 0.2) is 45.6 Å². The van der Waals surface area contributed by atoms with Crippen LogP contribution in [0.4, 0.5) is 0 Å². The first-order valence-corrected chi connectivity index (χ1v) is 5.69. The summed E-state index contributed by atoms with van der Waals surface area (Å²) < 4.78 is 6.28. The Hall–Kier alpha value is -1.17. The Bertz CT molecular complexity index is 444. The van der Waals surface area contributed by atoms with E-state index in [-0.39, 0.29) is 6.04 Å². The second kappa shape index (κ2) is 5.25. The zero-order valence-corrected chi connectivity index (χ0v) is 10.1. The summed E-state index contributed by atoms with van der Waals surface area (Å²) in [5.41, 5.74) is 3.70. The second-order valence-corrected chi connectivity index (χ2v) is 4.23. The maximum absolute atomic E-state index is 5.52. The van der Waals surface area contributed by atoms with Crippen LogP contribution in [0.3, 0.4) is 0 Å². The highest BCUT2D eigenvalue weighted by Gasteiger charge is 2.17.